The van der Waals surface area contributed by atoms with Crippen LogP contribution in [0.2, 0.25) is 5.02 Å². The lowest BCUT2D eigenvalue weighted by atomic mass is 10.1. The first-order chi connectivity index (χ1) is 8.11. The smallest absolute Gasteiger partial charge is 0.223 e. The number of hydrogen-bond acceptors (Lipinski definition) is 4. The summed E-state index contributed by atoms with van der Waals surface area (Å²) in [5.74, 6) is 0.108. The van der Waals surface area contributed by atoms with Crippen LogP contribution in [0.1, 0.15) is 10.6 Å². The van der Waals surface area contributed by atoms with Gasteiger partial charge in [-0.25, -0.2) is 0 Å². The summed E-state index contributed by atoms with van der Waals surface area (Å²) >= 11 is 5.78. The molecule has 1 aromatic carbocycles. The zero-order valence-electron chi connectivity index (χ0n) is 8.81. The Bertz CT molecular complexity index is 563. The number of aliphatic hydroxyl groups is 1. The molecule has 4 nitrogen and oxygen atoms in total. The lowest BCUT2D eigenvalue weighted by Crippen LogP contribution is -2.01. The minimum atomic E-state index is -0.580. The molecule has 0 bridgehead atoms. The van der Waals surface area contributed by atoms with E-state index in [1.807, 2.05) is 0 Å². The normalized spacial score (nSPS) is 10.5. The van der Waals surface area contributed by atoms with Gasteiger partial charge in [0.05, 0.1) is 0 Å². The monoisotopic (exact) mass is 251 g/mol. The van der Waals surface area contributed by atoms with Crippen LogP contribution in [0.25, 0.3) is 11.3 Å². The summed E-state index contributed by atoms with van der Waals surface area (Å²) in [5.41, 5.74) is 6.92. The van der Waals surface area contributed by atoms with E-state index in [9.17, 15) is 4.79 Å². The zero-order valence-corrected chi connectivity index (χ0v) is 9.57. The van der Waals surface area contributed by atoms with Crippen LogP contribution in [0, 0.1) is 0 Å². The van der Waals surface area contributed by atoms with Crippen molar-refractivity contribution in [3.63, 3.8) is 0 Å². The Kier molecular flexibility index (Phi) is 3.17. The maximum atomic E-state index is 11.2. The molecular formula is C12H10ClNO3. The molecule has 0 aliphatic rings. The molecule has 88 valence electrons. The molecule has 1 heterocycles. The molecule has 2 aromatic rings. The molecule has 5 heteroatoms. The third-order valence-electron chi connectivity index (χ3n) is 2.30. The summed E-state index contributed by atoms with van der Waals surface area (Å²) in [6, 6.07) is 8.13. The highest BCUT2D eigenvalue weighted by atomic mass is 35.5. The standard InChI is InChI=1S/C12H10ClNO3/c13-7-1-2-8(9(14)5-7)11-3-4-12(17-11)10(16)6-15/h1-5,15H,6,14H2. The number of hydrogen-bond donors (Lipinski definition) is 2. The second-order valence-corrected chi connectivity index (χ2v) is 3.91. The molecule has 17 heavy (non-hydrogen) atoms. The summed E-state index contributed by atoms with van der Waals surface area (Å²) in [7, 11) is 0. The number of ketones is 1. The SMILES string of the molecule is Nc1cc(Cl)ccc1-c1ccc(C(=O)CO)o1. The minimum absolute atomic E-state index is 0.108. The first kappa shape index (κ1) is 11.7. The van der Waals surface area contributed by atoms with Gasteiger partial charge in [0, 0.05) is 16.3 Å². The fourth-order valence-electron chi connectivity index (χ4n) is 1.47. The summed E-state index contributed by atoms with van der Waals surface area (Å²) in [5, 5.41) is 9.24. The number of rotatable bonds is 3. The number of benzene rings is 1. The second kappa shape index (κ2) is 4.61. The number of furan rings is 1. The number of Topliss-reactive ketones (excluding diaryl/α,β-unsaturated/α-hetero) is 1. The van der Waals surface area contributed by atoms with Crippen LogP contribution < -0.4 is 5.73 Å². The van der Waals surface area contributed by atoms with Crippen LogP contribution in [0.15, 0.2) is 34.7 Å². The average molecular weight is 252 g/mol. The van der Waals surface area contributed by atoms with Crippen LogP contribution in [0.5, 0.6) is 0 Å². The Labute approximate surface area is 103 Å². The Morgan fingerprint density at radius 1 is 1.35 bits per heavy atom. The van der Waals surface area contributed by atoms with E-state index in [4.69, 9.17) is 26.9 Å². The predicted molar refractivity (Wildman–Crippen MR) is 65.0 cm³/mol. The van der Waals surface area contributed by atoms with Crippen molar-refractivity contribution in [3.05, 3.63) is 41.1 Å². The summed E-state index contributed by atoms with van der Waals surface area (Å²) in [6.45, 7) is -0.580. The largest absolute Gasteiger partial charge is 0.453 e. The number of nitrogen functional groups attached to an aromatic ring is 1. The van der Waals surface area contributed by atoms with Crippen molar-refractivity contribution in [3.8, 4) is 11.3 Å². The molecule has 0 unspecified atom stereocenters. The molecule has 1 aromatic heterocycles. The van der Waals surface area contributed by atoms with Gasteiger partial charge < -0.3 is 15.3 Å². The van der Waals surface area contributed by atoms with Crippen LogP contribution in [0.4, 0.5) is 5.69 Å². The van der Waals surface area contributed by atoms with E-state index >= 15 is 0 Å². The molecule has 3 N–H and O–H groups in total. The van der Waals surface area contributed by atoms with Crippen molar-refractivity contribution in [2.45, 2.75) is 0 Å². The number of carbonyl (C=O) groups excluding carboxylic acids is 1. The van der Waals surface area contributed by atoms with E-state index in [-0.39, 0.29) is 5.76 Å². The molecule has 0 fully saturated rings. The van der Waals surface area contributed by atoms with Gasteiger partial charge in [-0.1, -0.05) is 11.6 Å². The van der Waals surface area contributed by atoms with Crippen molar-refractivity contribution in [1.82, 2.24) is 0 Å². The number of halogens is 1. The zero-order chi connectivity index (χ0) is 12.4. The van der Waals surface area contributed by atoms with Crippen LogP contribution in [0.3, 0.4) is 0 Å². The van der Waals surface area contributed by atoms with Crippen molar-refractivity contribution in [1.29, 1.82) is 0 Å². The van der Waals surface area contributed by atoms with E-state index in [1.165, 1.54) is 6.07 Å². The third kappa shape index (κ3) is 2.33. The quantitative estimate of drug-likeness (QED) is 0.649. The summed E-state index contributed by atoms with van der Waals surface area (Å²) in [4.78, 5) is 11.2. The molecule has 0 aliphatic carbocycles. The molecule has 2 rings (SSSR count). The lowest BCUT2D eigenvalue weighted by molar-refractivity contribution is 0.0876. The Balaban J connectivity index is 2.40. The molecule has 0 aliphatic heterocycles. The molecular weight excluding hydrogens is 242 g/mol. The first-order valence-corrected chi connectivity index (χ1v) is 5.29. The van der Waals surface area contributed by atoms with Gasteiger partial charge >= 0.3 is 0 Å². The van der Waals surface area contributed by atoms with Crippen molar-refractivity contribution < 1.29 is 14.3 Å². The molecule has 0 spiro atoms. The van der Waals surface area contributed by atoms with E-state index in [2.05, 4.69) is 0 Å². The Morgan fingerprint density at radius 3 is 2.76 bits per heavy atom. The minimum Gasteiger partial charge on any atom is -0.453 e. The van der Waals surface area contributed by atoms with E-state index < -0.39 is 12.4 Å². The van der Waals surface area contributed by atoms with Crippen molar-refractivity contribution in [2.75, 3.05) is 12.3 Å². The second-order valence-electron chi connectivity index (χ2n) is 3.48. The topological polar surface area (TPSA) is 76.5 Å². The fraction of sp³-hybridized carbons (Fsp3) is 0.0833. The van der Waals surface area contributed by atoms with E-state index in [0.29, 0.717) is 22.0 Å². The Hall–Kier alpha value is -1.78. The fourth-order valence-corrected chi connectivity index (χ4v) is 1.65. The van der Waals surface area contributed by atoms with Gasteiger partial charge in [-0.05, 0) is 30.3 Å². The van der Waals surface area contributed by atoms with Gasteiger partial charge in [0.2, 0.25) is 5.78 Å². The van der Waals surface area contributed by atoms with Gasteiger partial charge in [-0.3, -0.25) is 4.79 Å². The maximum Gasteiger partial charge on any atom is 0.223 e. The highest BCUT2D eigenvalue weighted by molar-refractivity contribution is 6.31. The predicted octanol–water partition coefficient (Wildman–Crippen LogP) is 2.36. The third-order valence-corrected chi connectivity index (χ3v) is 2.54. The molecule has 0 saturated carbocycles. The number of aliphatic hydroxyl groups excluding tert-OH is 1. The van der Waals surface area contributed by atoms with Gasteiger partial charge in [-0.2, -0.15) is 0 Å². The van der Waals surface area contributed by atoms with Crippen molar-refractivity contribution in [2.24, 2.45) is 0 Å². The highest BCUT2D eigenvalue weighted by Gasteiger charge is 2.12. The highest BCUT2D eigenvalue weighted by Crippen LogP contribution is 2.29. The van der Waals surface area contributed by atoms with Crippen LogP contribution in [-0.4, -0.2) is 17.5 Å². The Morgan fingerprint density at radius 2 is 2.12 bits per heavy atom. The van der Waals surface area contributed by atoms with Gasteiger partial charge in [0.15, 0.2) is 5.76 Å². The summed E-state index contributed by atoms with van der Waals surface area (Å²) < 4.78 is 5.31. The maximum absolute atomic E-state index is 11.2. The van der Waals surface area contributed by atoms with E-state index in [0.717, 1.165) is 0 Å². The van der Waals surface area contributed by atoms with Gasteiger partial charge in [0.25, 0.3) is 0 Å². The molecule has 0 atom stereocenters. The van der Waals surface area contributed by atoms with Gasteiger partial charge in [-0.15, -0.1) is 0 Å². The average Bonchev–Trinajstić information content (AvgIpc) is 2.77. The molecule has 0 radical (unpaired) electrons. The number of nitrogens with two attached hydrogens (primary N) is 1. The van der Waals surface area contributed by atoms with Gasteiger partial charge in [0.1, 0.15) is 12.4 Å². The van der Waals surface area contributed by atoms with Crippen LogP contribution in [-0.2, 0) is 0 Å². The summed E-state index contributed by atoms with van der Waals surface area (Å²) in [6.07, 6.45) is 0. The molecule has 0 amide bonds. The van der Waals surface area contributed by atoms with E-state index in [1.54, 1.807) is 24.3 Å². The molecule has 0 saturated heterocycles. The van der Waals surface area contributed by atoms with Crippen LogP contribution >= 0.6 is 11.6 Å². The van der Waals surface area contributed by atoms with Crippen molar-refractivity contribution >= 4 is 23.1 Å². The number of anilines is 1. The first-order valence-electron chi connectivity index (χ1n) is 4.91. The number of carbonyl (C=O) groups is 1. The lowest BCUT2D eigenvalue weighted by Gasteiger charge is -2.02.